The van der Waals surface area contributed by atoms with Gasteiger partial charge >= 0.3 is 6.18 Å². The van der Waals surface area contributed by atoms with Gasteiger partial charge in [-0.2, -0.15) is 13.2 Å². The molecule has 1 atom stereocenters. The van der Waals surface area contributed by atoms with Gasteiger partial charge in [0.25, 0.3) is 0 Å². The monoisotopic (exact) mass is 432 g/mol. The number of halogens is 3. The molecule has 4 rings (SSSR count). The largest absolute Gasteiger partial charge is 0.493 e. The number of fused-ring (bicyclic) bond motifs is 1. The number of ether oxygens (including phenoxy) is 1. The molecule has 2 aliphatic rings. The fourth-order valence-electron chi connectivity index (χ4n) is 4.36. The fraction of sp³-hybridized carbons (Fsp3) is 0.458. The predicted molar refractivity (Wildman–Crippen MR) is 112 cm³/mol. The van der Waals surface area contributed by atoms with Crippen molar-refractivity contribution in [2.24, 2.45) is 0 Å². The van der Waals surface area contributed by atoms with E-state index in [-0.39, 0.29) is 24.4 Å². The van der Waals surface area contributed by atoms with Crippen molar-refractivity contribution >= 4 is 5.91 Å². The van der Waals surface area contributed by atoms with Crippen LogP contribution in [0, 0.1) is 0 Å². The van der Waals surface area contributed by atoms with E-state index in [4.69, 9.17) is 4.74 Å². The van der Waals surface area contributed by atoms with E-state index in [9.17, 15) is 18.0 Å². The van der Waals surface area contributed by atoms with Crippen LogP contribution in [-0.4, -0.2) is 36.5 Å². The number of piperidine rings is 1. The first kappa shape index (κ1) is 21.7. The van der Waals surface area contributed by atoms with Gasteiger partial charge in [-0.15, -0.1) is 0 Å². The van der Waals surface area contributed by atoms with Crippen molar-refractivity contribution in [3.8, 4) is 5.75 Å². The van der Waals surface area contributed by atoms with Crippen molar-refractivity contribution in [3.05, 3.63) is 64.7 Å². The summed E-state index contributed by atoms with van der Waals surface area (Å²) in [6, 6.07) is 11.6. The van der Waals surface area contributed by atoms with Crippen LogP contribution < -0.4 is 10.1 Å². The SMILES string of the molecule is CC(c1ccc2c(c1)OCC2)N1CCC(NC(=O)Cc2ccc(C(F)(F)F)cc2)CC1. The molecule has 1 amide bonds. The number of nitrogens with zero attached hydrogens (tertiary/aromatic N) is 1. The summed E-state index contributed by atoms with van der Waals surface area (Å²) in [6.45, 7) is 4.71. The second-order valence-corrected chi connectivity index (χ2v) is 8.39. The third-order valence-corrected chi connectivity index (χ3v) is 6.29. The molecule has 0 radical (unpaired) electrons. The predicted octanol–water partition coefficient (Wildman–Crippen LogP) is 4.52. The Morgan fingerprint density at radius 1 is 1.16 bits per heavy atom. The number of carbonyl (C=O) groups excluding carboxylic acids is 1. The maximum atomic E-state index is 12.7. The minimum absolute atomic E-state index is 0.0872. The molecule has 7 heteroatoms. The smallest absolute Gasteiger partial charge is 0.416 e. The van der Waals surface area contributed by atoms with E-state index in [1.165, 1.54) is 23.3 Å². The highest BCUT2D eigenvalue weighted by atomic mass is 19.4. The average molecular weight is 432 g/mol. The average Bonchev–Trinajstić information content (AvgIpc) is 3.21. The molecule has 1 fully saturated rings. The van der Waals surface area contributed by atoms with Crippen LogP contribution in [0.4, 0.5) is 13.2 Å². The van der Waals surface area contributed by atoms with Gasteiger partial charge in [0.15, 0.2) is 0 Å². The van der Waals surface area contributed by atoms with Gasteiger partial charge in [-0.3, -0.25) is 9.69 Å². The van der Waals surface area contributed by atoms with Gasteiger partial charge in [0.1, 0.15) is 5.75 Å². The first-order valence-electron chi connectivity index (χ1n) is 10.7. The van der Waals surface area contributed by atoms with Crippen molar-refractivity contribution in [2.45, 2.75) is 50.9 Å². The molecule has 1 saturated heterocycles. The third-order valence-electron chi connectivity index (χ3n) is 6.29. The molecule has 2 aromatic rings. The zero-order chi connectivity index (χ0) is 22.0. The molecule has 1 N–H and O–H groups in total. The molecular formula is C24H27F3N2O2. The number of carbonyl (C=O) groups is 1. The van der Waals surface area contributed by atoms with Gasteiger partial charge < -0.3 is 10.1 Å². The normalized spacial score (nSPS) is 18.3. The molecule has 2 heterocycles. The summed E-state index contributed by atoms with van der Waals surface area (Å²) >= 11 is 0. The number of hydrogen-bond donors (Lipinski definition) is 1. The Labute approximate surface area is 180 Å². The van der Waals surface area contributed by atoms with Gasteiger partial charge in [-0.05, 0) is 54.7 Å². The van der Waals surface area contributed by atoms with Crippen LogP contribution in [0.25, 0.3) is 0 Å². The van der Waals surface area contributed by atoms with Crippen LogP contribution in [0.1, 0.15) is 48.1 Å². The number of hydrogen-bond acceptors (Lipinski definition) is 3. The van der Waals surface area contributed by atoms with Gasteiger partial charge in [-0.1, -0.05) is 24.3 Å². The molecule has 0 bridgehead atoms. The van der Waals surface area contributed by atoms with Crippen LogP contribution in [0.15, 0.2) is 42.5 Å². The summed E-state index contributed by atoms with van der Waals surface area (Å²) in [5.41, 5.74) is 2.39. The molecular weight excluding hydrogens is 405 g/mol. The first-order chi connectivity index (χ1) is 14.8. The summed E-state index contributed by atoms with van der Waals surface area (Å²) in [6.07, 6.45) is -1.60. The molecule has 166 valence electrons. The quantitative estimate of drug-likeness (QED) is 0.755. The van der Waals surface area contributed by atoms with Crippen molar-refractivity contribution in [2.75, 3.05) is 19.7 Å². The standard InChI is InChI=1S/C24H27F3N2O2/c1-16(19-5-4-18-10-13-31-22(18)15-19)29-11-8-21(9-12-29)28-23(30)14-17-2-6-20(7-3-17)24(25,26)27/h2-7,15-16,21H,8-14H2,1H3,(H,28,30). The van der Waals surface area contributed by atoms with Crippen LogP contribution in [0.2, 0.25) is 0 Å². The lowest BCUT2D eigenvalue weighted by Gasteiger charge is -2.36. The molecule has 0 aliphatic carbocycles. The minimum atomic E-state index is -4.36. The van der Waals surface area contributed by atoms with E-state index in [0.29, 0.717) is 5.56 Å². The van der Waals surface area contributed by atoms with Crippen LogP contribution in [0.5, 0.6) is 5.75 Å². The Bertz CT molecular complexity index is 919. The summed E-state index contributed by atoms with van der Waals surface area (Å²) in [5.74, 6) is 0.844. The Morgan fingerprint density at radius 3 is 2.55 bits per heavy atom. The summed E-state index contributed by atoms with van der Waals surface area (Å²) in [7, 11) is 0. The Morgan fingerprint density at radius 2 is 1.87 bits per heavy atom. The van der Waals surface area contributed by atoms with E-state index < -0.39 is 11.7 Å². The second kappa shape index (κ2) is 8.91. The molecule has 31 heavy (non-hydrogen) atoms. The molecule has 0 aromatic heterocycles. The lowest BCUT2D eigenvalue weighted by molar-refractivity contribution is -0.137. The zero-order valence-corrected chi connectivity index (χ0v) is 17.5. The number of likely N-dealkylation sites (tertiary alicyclic amines) is 1. The molecule has 1 unspecified atom stereocenters. The van der Waals surface area contributed by atoms with E-state index in [1.807, 2.05) is 0 Å². The lowest BCUT2D eigenvalue weighted by Crippen LogP contribution is -2.45. The van der Waals surface area contributed by atoms with E-state index in [1.54, 1.807) is 0 Å². The number of benzene rings is 2. The number of amides is 1. The fourth-order valence-corrected chi connectivity index (χ4v) is 4.36. The van der Waals surface area contributed by atoms with Gasteiger partial charge in [0, 0.05) is 31.6 Å². The third kappa shape index (κ3) is 5.21. The van der Waals surface area contributed by atoms with Crippen molar-refractivity contribution in [3.63, 3.8) is 0 Å². The number of nitrogens with one attached hydrogen (secondary N) is 1. The second-order valence-electron chi connectivity index (χ2n) is 8.39. The maximum Gasteiger partial charge on any atom is 0.416 e. The minimum Gasteiger partial charge on any atom is -0.493 e. The van der Waals surface area contributed by atoms with E-state index in [2.05, 4.69) is 35.3 Å². The summed E-state index contributed by atoms with van der Waals surface area (Å²) < 4.78 is 43.7. The van der Waals surface area contributed by atoms with Gasteiger partial charge in [0.05, 0.1) is 18.6 Å². The number of rotatable bonds is 5. The summed E-state index contributed by atoms with van der Waals surface area (Å²) in [5, 5.41) is 3.04. The molecule has 0 spiro atoms. The van der Waals surface area contributed by atoms with Crippen molar-refractivity contribution < 1.29 is 22.7 Å². The highest BCUT2D eigenvalue weighted by Crippen LogP contribution is 2.32. The molecule has 2 aromatic carbocycles. The zero-order valence-electron chi connectivity index (χ0n) is 17.5. The highest BCUT2D eigenvalue weighted by molar-refractivity contribution is 5.78. The Hall–Kier alpha value is -2.54. The highest BCUT2D eigenvalue weighted by Gasteiger charge is 2.30. The lowest BCUT2D eigenvalue weighted by atomic mass is 9.98. The van der Waals surface area contributed by atoms with E-state index in [0.717, 1.165) is 56.8 Å². The Kier molecular flexibility index (Phi) is 6.23. The topological polar surface area (TPSA) is 41.6 Å². The molecule has 0 saturated carbocycles. The first-order valence-corrected chi connectivity index (χ1v) is 10.7. The van der Waals surface area contributed by atoms with Crippen LogP contribution in [-0.2, 0) is 23.8 Å². The molecule has 2 aliphatic heterocycles. The van der Waals surface area contributed by atoms with Crippen LogP contribution >= 0.6 is 0 Å². The maximum absolute atomic E-state index is 12.7. The number of alkyl halides is 3. The summed E-state index contributed by atoms with van der Waals surface area (Å²) in [4.78, 5) is 14.8. The van der Waals surface area contributed by atoms with Crippen molar-refractivity contribution in [1.82, 2.24) is 10.2 Å². The molecule has 4 nitrogen and oxygen atoms in total. The van der Waals surface area contributed by atoms with Gasteiger partial charge in [-0.25, -0.2) is 0 Å². The Balaban J connectivity index is 1.25. The van der Waals surface area contributed by atoms with Crippen molar-refractivity contribution in [1.29, 1.82) is 0 Å². The van der Waals surface area contributed by atoms with E-state index >= 15 is 0 Å². The van der Waals surface area contributed by atoms with Crippen LogP contribution in [0.3, 0.4) is 0 Å². The van der Waals surface area contributed by atoms with Gasteiger partial charge in [0.2, 0.25) is 5.91 Å².